The summed E-state index contributed by atoms with van der Waals surface area (Å²) in [7, 11) is 0. The molecule has 4 rings (SSSR count). The summed E-state index contributed by atoms with van der Waals surface area (Å²) in [6.07, 6.45) is 0.793. The van der Waals surface area contributed by atoms with Gasteiger partial charge in [-0.15, -0.1) is 0 Å². The van der Waals surface area contributed by atoms with Crippen molar-refractivity contribution in [3.05, 3.63) is 23.8 Å². The summed E-state index contributed by atoms with van der Waals surface area (Å²) in [5.74, 6) is 6.71. The summed E-state index contributed by atoms with van der Waals surface area (Å²) < 4.78 is 10.5. The maximum atomic E-state index is 12.3. The Morgan fingerprint density at radius 2 is 1.80 bits per heavy atom. The first kappa shape index (κ1) is 15.6. The van der Waals surface area contributed by atoms with Crippen LogP contribution >= 0.6 is 0 Å². The molecule has 1 aromatic carbocycles. The lowest BCUT2D eigenvalue weighted by atomic mass is 9.72. The molecule has 25 heavy (non-hydrogen) atoms. The van der Waals surface area contributed by atoms with Crippen molar-refractivity contribution in [2.45, 2.75) is 12.8 Å². The van der Waals surface area contributed by atoms with E-state index in [1.807, 2.05) is 0 Å². The lowest BCUT2D eigenvalue weighted by molar-refractivity contribution is -0.129. The summed E-state index contributed by atoms with van der Waals surface area (Å²) in [5.41, 5.74) is 0.766. The molecule has 3 heterocycles. The van der Waals surface area contributed by atoms with Crippen LogP contribution in [0.15, 0.2) is 18.2 Å². The van der Waals surface area contributed by atoms with Gasteiger partial charge in [-0.05, 0) is 31.0 Å². The van der Waals surface area contributed by atoms with E-state index in [1.165, 1.54) is 4.90 Å². The molecule has 0 bridgehead atoms. The fourth-order valence-electron chi connectivity index (χ4n) is 3.58. The van der Waals surface area contributed by atoms with Crippen molar-refractivity contribution in [2.24, 2.45) is 5.41 Å². The van der Waals surface area contributed by atoms with Crippen molar-refractivity contribution in [3.63, 3.8) is 0 Å². The number of nitrogens with zero attached hydrogens (tertiary/aromatic N) is 2. The lowest BCUT2D eigenvalue weighted by Gasteiger charge is -2.52. The maximum absolute atomic E-state index is 12.3. The fraction of sp³-hybridized carbons (Fsp3) is 0.444. The van der Waals surface area contributed by atoms with E-state index in [0.717, 1.165) is 12.8 Å². The molecular weight excluding hydrogens is 324 g/mol. The van der Waals surface area contributed by atoms with Gasteiger partial charge in [-0.25, -0.2) is 4.79 Å². The van der Waals surface area contributed by atoms with E-state index < -0.39 is 6.09 Å². The molecule has 1 spiro atoms. The summed E-state index contributed by atoms with van der Waals surface area (Å²) in [4.78, 5) is 26.4. The molecule has 1 aromatic rings. The van der Waals surface area contributed by atoms with Gasteiger partial charge in [0, 0.05) is 43.1 Å². The number of carbonyl (C=O) groups excluding carboxylic acids is 1. The van der Waals surface area contributed by atoms with Gasteiger partial charge in [0.25, 0.3) is 5.91 Å². The van der Waals surface area contributed by atoms with Crippen LogP contribution in [-0.2, 0) is 4.79 Å². The summed E-state index contributed by atoms with van der Waals surface area (Å²) in [5, 5.41) is 8.95. The second-order valence-corrected chi connectivity index (χ2v) is 6.75. The minimum absolute atomic E-state index is 0.0555. The second kappa shape index (κ2) is 5.88. The fourth-order valence-corrected chi connectivity index (χ4v) is 3.58. The topological polar surface area (TPSA) is 79.3 Å². The number of rotatable bonds is 0. The van der Waals surface area contributed by atoms with Gasteiger partial charge < -0.3 is 24.4 Å². The molecule has 0 aromatic heterocycles. The van der Waals surface area contributed by atoms with E-state index >= 15 is 0 Å². The van der Waals surface area contributed by atoms with Crippen molar-refractivity contribution < 1.29 is 24.2 Å². The highest BCUT2D eigenvalue weighted by atomic mass is 16.7. The Morgan fingerprint density at radius 1 is 1.08 bits per heavy atom. The number of carbonyl (C=O) groups is 2. The Hall–Kier alpha value is -2.88. The van der Waals surface area contributed by atoms with Crippen molar-refractivity contribution in [1.82, 2.24) is 9.80 Å². The minimum atomic E-state index is -0.862. The summed E-state index contributed by atoms with van der Waals surface area (Å²) >= 11 is 0. The Balaban J connectivity index is 1.34. The van der Waals surface area contributed by atoms with Crippen LogP contribution in [0.4, 0.5) is 4.79 Å². The van der Waals surface area contributed by atoms with Crippen molar-refractivity contribution >= 4 is 12.0 Å². The standard InChI is InChI=1S/C18H18N2O5/c21-16(4-2-13-1-3-14-15(9-13)25-12-24-14)19-7-5-18(6-8-19)10-20(11-18)17(22)23/h1,3,9H,5-8,10-12H2,(H,22,23). The molecule has 130 valence electrons. The highest BCUT2D eigenvalue weighted by molar-refractivity contribution is 5.94. The van der Waals surface area contributed by atoms with Crippen LogP contribution < -0.4 is 9.47 Å². The predicted octanol–water partition coefficient (Wildman–Crippen LogP) is 1.37. The third-order valence-electron chi connectivity index (χ3n) is 5.12. The first-order chi connectivity index (χ1) is 12.0. The first-order valence-corrected chi connectivity index (χ1v) is 8.23. The number of carboxylic acid groups (broad SMARTS) is 1. The summed E-state index contributed by atoms with van der Waals surface area (Å²) in [6, 6.07) is 5.35. The van der Waals surface area contributed by atoms with Gasteiger partial charge in [-0.2, -0.15) is 0 Å². The highest BCUT2D eigenvalue weighted by Gasteiger charge is 2.47. The van der Waals surface area contributed by atoms with Crippen molar-refractivity contribution in [3.8, 4) is 23.3 Å². The second-order valence-electron chi connectivity index (χ2n) is 6.75. The Kier molecular flexibility index (Phi) is 3.68. The van der Waals surface area contributed by atoms with Gasteiger partial charge in [0.05, 0.1) is 0 Å². The van der Waals surface area contributed by atoms with Crippen LogP contribution in [0.1, 0.15) is 18.4 Å². The van der Waals surface area contributed by atoms with Gasteiger partial charge in [0.1, 0.15) is 0 Å². The monoisotopic (exact) mass is 342 g/mol. The molecule has 7 nitrogen and oxygen atoms in total. The van der Waals surface area contributed by atoms with Gasteiger partial charge in [-0.3, -0.25) is 4.79 Å². The number of benzene rings is 1. The SMILES string of the molecule is O=C(O)N1CC2(CCN(C(=O)C#Cc3ccc4c(c3)OCO4)CC2)C1. The number of amides is 2. The molecular formula is C18H18N2O5. The maximum Gasteiger partial charge on any atom is 0.407 e. The number of hydrogen-bond acceptors (Lipinski definition) is 4. The first-order valence-electron chi connectivity index (χ1n) is 8.23. The quantitative estimate of drug-likeness (QED) is 0.721. The molecule has 2 amide bonds. The summed E-state index contributed by atoms with van der Waals surface area (Å²) in [6.45, 7) is 2.62. The van der Waals surface area contributed by atoms with E-state index in [0.29, 0.717) is 43.2 Å². The Bertz CT molecular complexity index is 778. The van der Waals surface area contributed by atoms with E-state index in [4.69, 9.17) is 14.6 Å². The van der Waals surface area contributed by atoms with Crippen LogP contribution in [0.5, 0.6) is 11.5 Å². The van der Waals surface area contributed by atoms with Gasteiger partial charge >= 0.3 is 6.09 Å². The Morgan fingerprint density at radius 3 is 2.52 bits per heavy atom. The zero-order valence-electron chi connectivity index (χ0n) is 13.7. The molecule has 0 radical (unpaired) electrons. The predicted molar refractivity (Wildman–Crippen MR) is 87.3 cm³/mol. The third kappa shape index (κ3) is 2.95. The average molecular weight is 342 g/mol. The van der Waals surface area contributed by atoms with Crippen molar-refractivity contribution in [2.75, 3.05) is 33.0 Å². The number of hydrogen-bond donors (Lipinski definition) is 1. The molecule has 0 saturated carbocycles. The van der Waals surface area contributed by atoms with Crippen molar-refractivity contribution in [1.29, 1.82) is 0 Å². The normalized spacial score (nSPS) is 19.8. The number of ether oxygens (including phenoxy) is 2. The third-order valence-corrected chi connectivity index (χ3v) is 5.12. The van der Waals surface area contributed by atoms with Crippen LogP contribution in [0.25, 0.3) is 0 Å². The zero-order valence-corrected chi connectivity index (χ0v) is 13.7. The van der Waals surface area contributed by atoms with Crippen LogP contribution in [0.2, 0.25) is 0 Å². The van der Waals surface area contributed by atoms with Crippen LogP contribution in [-0.4, -0.2) is 59.9 Å². The molecule has 0 unspecified atom stereocenters. The lowest BCUT2D eigenvalue weighted by Crippen LogP contribution is -2.61. The van der Waals surface area contributed by atoms with Crippen LogP contribution in [0.3, 0.4) is 0 Å². The average Bonchev–Trinajstić information content (AvgIpc) is 3.05. The zero-order chi connectivity index (χ0) is 17.4. The molecule has 3 aliphatic rings. The van der Waals surface area contributed by atoms with Crippen LogP contribution in [0, 0.1) is 17.3 Å². The minimum Gasteiger partial charge on any atom is -0.465 e. The van der Waals surface area contributed by atoms with Gasteiger partial charge in [0.2, 0.25) is 6.79 Å². The molecule has 1 N–H and O–H groups in total. The molecule has 2 saturated heterocycles. The van der Waals surface area contributed by atoms with E-state index in [1.54, 1.807) is 23.1 Å². The number of fused-ring (bicyclic) bond motifs is 1. The molecule has 0 atom stereocenters. The van der Waals surface area contributed by atoms with Gasteiger partial charge in [0.15, 0.2) is 11.5 Å². The molecule has 7 heteroatoms. The number of piperidine rings is 1. The smallest absolute Gasteiger partial charge is 0.407 e. The van der Waals surface area contributed by atoms with E-state index in [2.05, 4.69) is 11.8 Å². The molecule has 3 aliphatic heterocycles. The highest BCUT2D eigenvalue weighted by Crippen LogP contribution is 2.40. The number of likely N-dealkylation sites (tertiary alicyclic amines) is 2. The van der Waals surface area contributed by atoms with E-state index in [9.17, 15) is 9.59 Å². The van der Waals surface area contributed by atoms with E-state index in [-0.39, 0.29) is 18.1 Å². The van der Waals surface area contributed by atoms with Gasteiger partial charge in [-0.1, -0.05) is 5.92 Å². The molecule has 2 fully saturated rings. The largest absolute Gasteiger partial charge is 0.465 e. The molecule has 0 aliphatic carbocycles. The Labute approximate surface area is 145 Å².